The Morgan fingerprint density at radius 3 is 2.75 bits per heavy atom. The Labute approximate surface area is 205 Å². The van der Waals surface area contributed by atoms with Gasteiger partial charge in [0.15, 0.2) is 0 Å². The van der Waals surface area contributed by atoms with Crippen LogP contribution in [0.15, 0.2) is 36.5 Å². The Hall–Kier alpha value is -3.65. The van der Waals surface area contributed by atoms with E-state index >= 15 is 0 Å². The summed E-state index contributed by atoms with van der Waals surface area (Å²) in [4.78, 5) is 18.2. The first-order chi connectivity index (χ1) is 17.1. The number of carbonyl (C=O) groups excluding carboxylic acids is 1. The van der Waals surface area contributed by atoms with Crippen LogP contribution in [-0.4, -0.2) is 70.5 Å². The van der Waals surface area contributed by atoms with Crippen molar-refractivity contribution in [3.8, 4) is 11.8 Å². The lowest BCUT2D eigenvalue weighted by molar-refractivity contribution is -0.127. The molecule has 1 fully saturated rings. The molecule has 0 unspecified atom stereocenters. The predicted octanol–water partition coefficient (Wildman–Crippen LogP) is 3.38. The molecule has 4 heterocycles. The number of alkyl halides is 4. The molecule has 1 amide bonds. The maximum absolute atomic E-state index is 14.6. The second-order valence-electron chi connectivity index (χ2n) is 8.82. The molecule has 190 valence electrons. The maximum Gasteiger partial charge on any atom is 0.393 e. The molecule has 11 heteroatoms. The number of aromatic nitrogens is 3. The highest BCUT2D eigenvalue weighted by molar-refractivity contribution is 5.94. The van der Waals surface area contributed by atoms with E-state index in [1.165, 1.54) is 16.8 Å². The summed E-state index contributed by atoms with van der Waals surface area (Å²) in [6, 6.07) is 7.61. The molecule has 4 rings (SSSR count). The Bertz CT molecular complexity index is 1290. The summed E-state index contributed by atoms with van der Waals surface area (Å²) in [5, 5.41) is 10.0. The third kappa shape index (κ3) is 6.12. The number of rotatable bonds is 5. The fraction of sp³-hybridized carbons (Fsp3) is 0.400. The molecular formula is C25H26F4N6O. The van der Waals surface area contributed by atoms with Crippen LogP contribution in [0.5, 0.6) is 0 Å². The molecule has 3 aromatic heterocycles. The first-order valence-corrected chi connectivity index (χ1v) is 11.5. The molecule has 0 aromatic carbocycles. The Balaban J connectivity index is 1.58. The molecule has 3 aromatic rings. The SMILES string of the molecule is Cc1ccc(C(=O)NCC#Cc2nn3c(N[C@@H]4CCN(C)C[C@@H]4F)cccc3c2CC(F)(F)F)cn1. The average molecular weight is 503 g/mol. The van der Waals surface area contributed by atoms with Crippen molar-refractivity contribution in [3.05, 3.63) is 59.0 Å². The van der Waals surface area contributed by atoms with Gasteiger partial charge in [0.05, 0.1) is 30.1 Å². The lowest BCUT2D eigenvalue weighted by Crippen LogP contribution is -2.46. The summed E-state index contributed by atoms with van der Waals surface area (Å²) < 4.78 is 56.0. The lowest BCUT2D eigenvalue weighted by atomic mass is 10.0. The number of likely N-dealkylation sites (tertiary alicyclic amines) is 1. The van der Waals surface area contributed by atoms with Crippen LogP contribution in [0.4, 0.5) is 23.4 Å². The topological polar surface area (TPSA) is 74.6 Å². The molecule has 0 radical (unpaired) electrons. The van der Waals surface area contributed by atoms with Gasteiger partial charge in [0.1, 0.15) is 17.7 Å². The average Bonchev–Trinajstić information content (AvgIpc) is 3.15. The first kappa shape index (κ1) is 25.4. The number of aryl methyl sites for hydroxylation is 1. The van der Waals surface area contributed by atoms with E-state index in [0.717, 1.165) is 5.69 Å². The molecule has 1 aliphatic rings. The standard InChI is InChI=1S/C25H26F4N6O/c1-16-8-9-17(14-31-16)24(36)30-11-4-5-20-18(13-25(27,28)29)22-6-3-7-23(35(22)33-20)32-21-10-12-34(2)15-19(21)26/h3,6-9,14,19,21,32H,10-13,15H2,1-2H3,(H,30,36)/t19-,21+/m0/s1. The highest BCUT2D eigenvalue weighted by Gasteiger charge is 2.32. The minimum atomic E-state index is -4.48. The molecular weight excluding hydrogens is 476 g/mol. The quantitative estimate of drug-likeness (QED) is 0.414. The molecule has 36 heavy (non-hydrogen) atoms. The number of pyridine rings is 2. The number of anilines is 1. The predicted molar refractivity (Wildman–Crippen MR) is 128 cm³/mol. The third-order valence-corrected chi connectivity index (χ3v) is 5.93. The minimum absolute atomic E-state index is 0.0481. The van der Waals surface area contributed by atoms with Gasteiger partial charge < -0.3 is 15.5 Å². The van der Waals surface area contributed by atoms with E-state index in [-0.39, 0.29) is 29.9 Å². The number of halogens is 4. The Morgan fingerprint density at radius 2 is 2.06 bits per heavy atom. The molecule has 0 saturated carbocycles. The number of nitrogens with one attached hydrogen (secondary N) is 2. The molecule has 1 saturated heterocycles. The van der Waals surface area contributed by atoms with Crippen LogP contribution in [-0.2, 0) is 6.42 Å². The van der Waals surface area contributed by atoms with E-state index in [0.29, 0.717) is 24.3 Å². The van der Waals surface area contributed by atoms with Gasteiger partial charge in [-0.05, 0) is 50.6 Å². The normalized spacial score (nSPS) is 18.5. The van der Waals surface area contributed by atoms with Gasteiger partial charge >= 0.3 is 6.18 Å². The van der Waals surface area contributed by atoms with Gasteiger partial charge in [0.25, 0.3) is 5.91 Å². The van der Waals surface area contributed by atoms with Gasteiger partial charge in [-0.1, -0.05) is 12.0 Å². The summed E-state index contributed by atoms with van der Waals surface area (Å²) >= 11 is 0. The largest absolute Gasteiger partial charge is 0.393 e. The van der Waals surface area contributed by atoms with Crippen molar-refractivity contribution < 1.29 is 22.4 Å². The smallest absolute Gasteiger partial charge is 0.364 e. The fourth-order valence-corrected chi connectivity index (χ4v) is 4.07. The van der Waals surface area contributed by atoms with E-state index in [1.807, 2.05) is 11.9 Å². The fourth-order valence-electron chi connectivity index (χ4n) is 4.07. The highest BCUT2D eigenvalue weighted by Crippen LogP contribution is 2.28. The zero-order valence-electron chi connectivity index (χ0n) is 19.9. The summed E-state index contributed by atoms with van der Waals surface area (Å²) in [6.07, 6.45) is -4.84. The number of hydrogen-bond donors (Lipinski definition) is 2. The monoisotopic (exact) mass is 502 g/mol. The van der Waals surface area contributed by atoms with Gasteiger partial charge in [-0.25, -0.2) is 8.91 Å². The summed E-state index contributed by atoms with van der Waals surface area (Å²) in [6.45, 7) is 2.68. The molecule has 2 N–H and O–H groups in total. The number of carbonyl (C=O) groups is 1. The summed E-state index contributed by atoms with van der Waals surface area (Å²) in [5.74, 6) is 5.34. The minimum Gasteiger partial charge on any atom is -0.364 e. The van der Waals surface area contributed by atoms with Gasteiger partial charge in [0, 0.05) is 30.5 Å². The number of hydrogen-bond acceptors (Lipinski definition) is 5. The van der Waals surface area contributed by atoms with Crippen LogP contribution >= 0.6 is 0 Å². The zero-order valence-corrected chi connectivity index (χ0v) is 19.9. The van der Waals surface area contributed by atoms with Crippen molar-refractivity contribution in [2.24, 2.45) is 0 Å². The molecule has 0 aliphatic carbocycles. The van der Waals surface area contributed by atoms with Gasteiger partial charge in [-0.15, -0.1) is 0 Å². The highest BCUT2D eigenvalue weighted by atomic mass is 19.4. The number of fused-ring (bicyclic) bond motifs is 1. The molecule has 0 spiro atoms. The van der Waals surface area contributed by atoms with Crippen LogP contribution in [0.3, 0.4) is 0 Å². The number of amides is 1. The number of piperidine rings is 1. The van der Waals surface area contributed by atoms with E-state index in [4.69, 9.17) is 0 Å². The molecule has 7 nitrogen and oxygen atoms in total. The molecule has 1 aliphatic heterocycles. The number of nitrogens with zero attached hydrogens (tertiary/aromatic N) is 4. The zero-order chi connectivity index (χ0) is 25.9. The summed E-state index contributed by atoms with van der Waals surface area (Å²) in [7, 11) is 1.84. The van der Waals surface area contributed by atoms with Crippen LogP contribution in [0.25, 0.3) is 5.52 Å². The van der Waals surface area contributed by atoms with Gasteiger partial charge in [-0.3, -0.25) is 9.78 Å². The second-order valence-corrected chi connectivity index (χ2v) is 8.82. The maximum atomic E-state index is 14.6. The Morgan fingerprint density at radius 1 is 1.25 bits per heavy atom. The van der Waals surface area contributed by atoms with E-state index in [1.54, 1.807) is 31.2 Å². The second kappa shape index (κ2) is 10.5. The van der Waals surface area contributed by atoms with E-state index in [2.05, 4.69) is 32.6 Å². The lowest BCUT2D eigenvalue weighted by Gasteiger charge is -2.33. The Kier molecular flexibility index (Phi) is 7.45. The molecule has 0 bridgehead atoms. The van der Waals surface area contributed by atoms with E-state index in [9.17, 15) is 22.4 Å². The van der Waals surface area contributed by atoms with Crippen molar-refractivity contribution >= 4 is 17.2 Å². The molecule has 2 atom stereocenters. The van der Waals surface area contributed by atoms with Crippen molar-refractivity contribution in [2.45, 2.75) is 38.2 Å². The van der Waals surface area contributed by atoms with Crippen molar-refractivity contribution in [1.82, 2.24) is 24.8 Å². The van der Waals surface area contributed by atoms with Gasteiger partial charge in [-0.2, -0.15) is 18.3 Å². The third-order valence-electron chi connectivity index (χ3n) is 5.93. The van der Waals surface area contributed by atoms with Crippen molar-refractivity contribution in [2.75, 3.05) is 32.0 Å². The van der Waals surface area contributed by atoms with Gasteiger partial charge in [0.2, 0.25) is 0 Å². The van der Waals surface area contributed by atoms with Crippen LogP contribution in [0, 0.1) is 18.8 Å². The van der Waals surface area contributed by atoms with E-state index < -0.39 is 30.7 Å². The van der Waals surface area contributed by atoms with Crippen LogP contribution in [0.2, 0.25) is 0 Å². The van der Waals surface area contributed by atoms with Crippen LogP contribution in [0.1, 0.15) is 33.7 Å². The van der Waals surface area contributed by atoms with Crippen molar-refractivity contribution in [3.63, 3.8) is 0 Å². The first-order valence-electron chi connectivity index (χ1n) is 11.5. The van der Waals surface area contributed by atoms with Crippen LogP contribution < -0.4 is 10.6 Å². The van der Waals surface area contributed by atoms with Crippen molar-refractivity contribution in [1.29, 1.82) is 0 Å². The summed E-state index contributed by atoms with van der Waals surface area (Å²) in [5.41, 5.74) is 1.23.